The molecule has 3 rings (SSSR count). The first-order valence-electron chi connectivity index (χ1n) is 7.90. The summed E-state index contributed by atoms with van der Waals surface area (Å²) in [5.41, 5.74) is -0.308. The van der Waals surface area contributed by atoms with Crippen LogP contribution in [0.25, 0.3) is 0 Å². The molecule has 6 nitrogen and oxygen atoms in total. The zero-order valence-electron chi connectivity index (χ0n) is 14.0. The summed E-state index contributed by atoms with van der Waals surface area (Å²) in [6.07, 6.45) is 5.33. The maximum absolute atomic E-state index is 9.12. The Balaban J connectivity index is 1.82. The van der Waals surface area contributed by atoms with Crippen molar-refractivity contribution in [2.75, 3.05) is 0 Å². The molecule has 2 aliphatic rings. The smallest absolute Gasteiger partial charge is 0.399 e. The minimum Gasteiger partial charge on any atom is -0.399 e. The molecule has 0 spiro atoms. The molecule has 2 heterocycles. The highest BCUT2D eigenvalue weighted by Crippen LogP contribution is 2.45. The molecule has 0 bridgehead atoms. The van der Waals surface area contributed by atoms with E-state index in [0.29, 0.717) is 19.3 Å². The summed E-state index contributed by atoms with van der Waals surface area (Å²) in [4.78, 5) is 0. The zero-order chi connectivity index (χ0) is 16.9. The van der Waals surface area contributed by atoms with E-state index in [-0.39, 0.29) is 11.5 Å². The Morgan fingerprint density at radius 2 is 1.87 bits per heavy atom. The van der Waals surface area contributed by atoms with Crippen molar-refractivity contribution in [2.45, 2.75) is 63.7 Å². The number of hydrogen-bond donors (Lipinski definition) is 0. The van der Waals surface area contributed by atoms with E-state index in [2.05, 4.69) is 17.2 Å². The van der Waals surface area contributed by atoms with Gasteiger partial charge in [-0.2, -0.15) is 15.6 Å². The van der Waals surface area contributed by atoms with Gasteiger partial charge in [0, 0.05) is 17.9 Å². The van der Waals surface area contributed by atoms with Crippen LogP contribution < -0.4 is 5.46 Å². The van der Waals surface area contributed by atoms with Gasteiger partial charge in [-0.15, -0.1) is 0 Å². The first-order valence-corrected chi connectivity index (χ1v) is 7.90. The molecule has 1 saturated heterocycles. The molecule has 1 saturated carbocycles. The highest BCUT2D eigenvalue weighted by atomic mass is 16.7. The van der Waals surface area contributed by atoms with Crippen molar-refractivity contribution in [3.05, 3.63) is 12.4 Å². The van der Waals surface area contributed by atoms with Gasteiger partial charge in [0.15, 0.2) is 0 Å². The summed E-state index contributed by atoms with van der Waals surface area (Å²) in [7, 11) is -0.459. The van der Waals surface area contributed by atoms with Crippen LogP contribution in [0.1, 0.15) is 47.0 Å². The van der Waals surface area contributed by atoms with E-state index in [0.717, 1.165) is 5.46 Å². The largest absolute Gasteiger partial charge is 0.498 e. The Labute approximate surface area is 137 Å². The zero-order valence-corrected chi connectivity index (χ0v) is 14.0. The Hall–Kier alpha value is -1.83. The Bertz CT molecular complexity index is 676. The van der Waals surface area contributed by atoms with Gasteiger partial charge in [0.2, 0.25) is 0 Å². The number of nitriles is 2. The predicted molar refractivity (Wildman–Crippen MR) is 84.5 cm³/mol. The fraction of sp³-hybridized carbons (Fsp3) is 0.688. The fourth-order valence-electron chi connectivity index (χ4n) is 3.21. The monoisotopic (exact) mass is 312 g/mol. The highest BCUT2D eigenvalue weighted by Gasteiger charge is 2.53. The molecule has 0 radical (unpaired) electrons. The molecule has 2 fully saturated rings. The second kappa shape index (κ2) is 5.09. The molecule has 0 unspecified atom stereocenters. The molecule has 7 heteroatoms. The molecule has 23 heavy (non-hydrogen) atoms. The molecule has 1 aromatic rings. The second-order valence-corrected chi connectivity index (χ2v) is 7.60. The van der Waals surface area contributed by atoms with Crippen molar-refractivity contribution >= 4 is 12.6 Å². The van der Waals surface area contributed by atoms with E-state index >= 15 is 0 Å². The van der Waals surface area contributed by atoms with E-state index in [1.165, 1.54) is 0 Å². The number of aromatic nitrogens is 2. The molecular formula is C16H21BN4O2. The van der Waals surface area contributed by atoms with Gasteiger partial charge >= 0.3 is 7.12 Å². The molecule has 0 atom stereocenters. The third kappa shape index (κ3) is 2.45. The predicted octanol–water partition coefficient (Wildman–Crippen LogP) is 1.72. The Kier molecular flexibility index (Phi) is 3.55. The van der Waals surface area contributed by atoms with E-state index in [1.807, 2.05) is 38.6 Å². The number of nitrogens with zero attached hydrogens (tertiary/aromatic N) is 4. The number of hydrogen-bond acceptors (Lipinski definition) is 5. The summed E-state index contributed by atoms with van der Waals surface area (Å²) < 4.78 is 13.9. The van der Waals surface area contributed by atoms with Crippen molar-refractivity contribution < 1.29 is 9.31 Å². The van der Waals surface area contributed by atoms with Crippen molar-refractivity contribution in [1.29, 1.82) is 10.5 Å². The summed E-state index contributed by atoms with van der Waals surface area (Å²) in [6, 6.07) is 4.49. The Morgan fingerprint density at radius 3 is 2.39 bits per heavy atom. The summed E-state index contributed by atoms with van der Waals surface area (Å²) in [6.45, 7) is 8.05. The summed E-state index contributed by atoms with van der Waals surface area (Å²) in [5.74, 6) is 0.00727. The lowest BCUT2D eigenvalue weighted by atomic mass is 9.67. The van der Waals surface area contributed by atoms with Crippen LogP contribution in [-0.2, 0) is 14.8 Å². The van der Waals surface area contributed by atoms with Crippen molar-refractivity contribution in [3.63, 3.8) is 0 Å². The minimum atomic E-state index is -0.459. The van der Waals surface area contributed by atoms with E-state index in [9.17, 15) is 0 Å². The third-order valence-corrected chi connectivity index (χ3v) is 5.46. The van der Waals surface area contributed by atoms with Gasteiger partial charge in [0.25, 0.3) is 0 Å². The van der Waals surface area contributed by atoms with Crippen LogP contribution in [0.2, 0.25) is 0 Å². The minimum absolute atomic E-state index is 0.00727. The molecule has 0 aromatic carbocycles. The van der Waals surface area contributed by atoms with Crippen LogP contribution in [0.3, 0.4) is 0 Å². The Morgan fingerprint density at radius 1 is 1.26 bits per heavy atom. The average Bonchev–Trinajstić information content (AvgIpc) is 2.97. The average molecular weight is 312 g/mol. The van der Waals surface area contributed by atoms with Gasteiger partial charge in [-0.3, -0.25) is 4.68 Å². The van der Waals surface area contributed by atoms with Gasteiger partial charge < -0.3 is 9.31 Å². The maximum atomic E-state index is 9.12. The maximum Gasteiger partial charge on any atom is 0.498 e. The van der Waals surface area contributed by atoms with E-state index in [1.54, 1.807) is 6.20 Å². The second-order valence-electron chi connectivity index (χ2n) is 7.60. The van der Waals surface area contributed by atoms with Gasteiger partial charge in [0.1, 0.15) is 0 Å². The van der Waals surface area contributed by atoms with Gasteiger partial charge in [-0.25, -0.2) is 0 Å². The summed E-state index contributed by atoms with van der Waals surface area (Å²) >= 11 is 0. The quantitative estimate of drug-likeness (QED) is 0.794. The van der Waals surface area contributed by atoms with Crippen LogP contribution in [0.4, 0.5) is 0 Å². The molecule has 0 N–H and O–H groups in total. The molecule has 1 aliphatic carbocycles. The first kappa shape index (κ1) is 16.0. The lowest BCUT2D eigenvalue weighted by Gasteiger charge is -2.43. The van der Waals surface area contributed by atoms with Crippen molar-refractivity contribution in [3.8, 4) is 12.1 Å². The lowest BCUT2D eigenvalue weighted by Crippen LogP contribution is -2.46. The van der Waals surface area contributed by atoms with Gasteiger partial charge in [0.05, 0.1) is 41.2 Å². The highest BCUT2D eigenvalue weighted by molar-refractivity contribution is 6.62. The molecule has 1 aromatic heterocycles. The van der Waals surface area contributed by atoms with Crippen molar-refractivity contribution in [2.24, 2.45) is 5.92 Å². The van der Waals surface area contributed by atoms with Crippen LogP contribution in [0.5, 0.6) is 0 Å². The standard InChI is InChI=1S/C16H21BN4O2/c1-14(2)15(3,4)23-17(22-14)13-10-20-21(11-13)16(5-6-18)7-12(8-16)9-19/h10-12H,5,7-8H2,1-4H3/t12-,16+. The molecule has 0 amide bonds. The van der Waals surface area contributed by atoms with E-state index < -0.39 is 18.3 Å². The number of rotatable bonds is 3. The first-order chi connectivity index (χ1) is 10.7. The van der Waals surface area contributed by atoms with Crippen LogP contribution in [0.15, 0.2) is 12.4 Å². The normalized spacial score (nSPS) is 31.2. The molecule has 120 valence electrons. The topological polar surface area (TPSA) is 83.9 Å². The van der Waals surface area contributed by atoms with Gasteiger partial charge in [-0.05, 0) is 40.5 Å². The fourth-order valence-corrected chi connectivity index (χ4v) is 3.21. The van der Waals surface area contributed by atoms with Crippen molar-refractivity contribution in [1.82, 2.24) is 9.78 Å². The van der Waals surface area contributed by atoms with Crippen LogP contribution in [0, 0.1) is 28.6 Å². The van der Waals surface area contributed by atoms with Crippen LogP contribution >= 0.6 is 0 Å². The third-order valence-electron chi connectivity index (χ3n) is 5.46. The van der Waals surface area contributed by atoms with Crippen LogP contribution in [-0.4, -0.2) is 28.1 Å². The lowest BCUT2D eigenvalue weighted by molar-refractivity contribution is 0.00578. The molecular weight excluding hydrogens is 291 g/mol. The SMILES string of the molecule is CC1(C)OB(c2cnn([C@]3(CC#N)C[C@H](C#N)C3)c2)OC1(C)C. The summed E-state index contributed by atoms with van der Waals surface area (Å²) in [5, 5.41) is 22.6. The van der Waals surface area contributed by atoms with Gasteiger partial charge in [-0.1, -0.05) is 0 Å². The molecule has 1 aliphatic heterocycles. The van der Waals surface area contributed by atoms with E-state index in [4.69, 9.17) is 19.8 Å².